The number of nitrogens with zero attached hydrogens (tertiary/aromatic N) is 5. The van der Waals surface area contributed by atoms with Crippen molar-refractivity contribution in [3.63, 3.8) is 0 Å². The molecule has 2 aromatic heterocycles. The first kappa shape index (κ1) is 34.1. The van der Waals surface area contributed by atoms with Crippen LogP contribution in [0.3, 0.4) is 0 Å². The molecule has 3 heterocycles. The molecule has 0 amide bonds. The summed E-state index contributed by atoms with van der Waals surface area (Å²) in [6.45, 7) is 6.95. The predicted molar refractivity (Wildman–Crippen MR) is 164 cm³/mol. The molecule has 0 radical (unpaired) electrons. The minimum absolute atomic E-state index is 0.558. The van der Waals surface area contributed by atoms with Gasteiger partial charge in [-0.3, -0.25) is 4.90 Å². The Morgan fingerprint density at radius 2 is 1.36 bits per heavy atom. The number of hydrogen-bond donors (Lipinski definition) is 5. The number of imidazole rings is 1. The third-order valence-electron chi connectivity index (χ3n) is 6.85. The van der Waals surface area contributed by atoms with Crippen molar-refractivity contribution in [2.75, 3.05) is 31.1 Å². The van der Waals surface area contributed by atoms with E-state index in [2.05, 4.69) is 57.2 Å². The summed E-state index contributed by atoms with van der Waals surface area (Å²) in [5, 5.41) is 31.2. The number of aliphatic carboxylic acids is 4. The number of anilines is 1. The Labute approximate surface area is 259 Å². The Kier molecular flexibility index (Phi) is 12.9. The summed E-state index contributed by atoms with van der Waals surface area (Å²) in [5.41, 5.74) is 6.05. The van der Waals surface area contributed by atoms with Gasteiger partial charge in [0, 0.05) is 80.2 Å². The zero-order valence-corrected chi connectivity index (χ0v) is 24.8. The topological polar surface area (TPSA) is 210 Å². The zero-order chi connectivity index (χ0) is 32.8. The van der Waals surface area contributed by atoms with Crippen LogP contribution in [0, 0.1) is 6.92 Å². The van der Waals surface area contributed by atoms with Crippen LogP contribution in [-0.4, -0.2) is 95.3 Å². The summed E-state index contributed by atoms with van der Waals surface area (Å²) in [6, 6.07) is 10.3. The number of aromatic nitrogens is 4. The van der Waals surface area contributed by atoms with Crippen LogP contribution in [0.25, 0.3) is 11.4 Å². The van der Waals surface area contributed by atoms with Crippen LogP contribution in [0.1, 0.15) is 35.5 Å². The van der Waals surface area contributed by atoms with Crippen molar-refractivity contribution < 1.29 is 39.6 Å². The van der Waals surface area contributed by atoms with Gasteiger partial charge in [-0.2, -0.15) is 0 Å². The third kappa shape index (κ3) is 11.7. The van der Waals surface area contributed by atoms with Gasteiger partial charge < -0.3 is 30.3 Å². The number of fused-ring (bicyclic) bond motifs is 1. The molecule has 0 saturated carbocycles. The predicted octanol–water partition coefficient (Wildman–Crippen LogP) is 2.80. The monoisotopic (exact) mass is 620 g/mol. The van der Waals surface area contributed by atoms with Crippen LogP contribution in [0.5, 0.6) is 0 Å². The van der Waals surface area contributed by atoms with Gasteiger partial charge in [0.2, 0.25) is 5.95 Å². The molecule has 45 heavy (non-hydrogen) atoms. The Morgan fingerprint density at radius 1 is 0.800 bits per heavy atom. The molecule has 238 valence electrons. The summed E-state index contributed by atoms with van der Waals surface area (Å²) in [7, 11) is 0. The van der Waals surface area contributed by atoms with Gasteiger partial charge in [0.15, 0.2) is 0 Å². The van der Waals surface area contributed by atoms with Gasteiger partial charge in [-0.25, -0.2) is 34.1 Å². The maximum Gasteiger partial charge on any atom is 0.328 e. The number of benzene rings is 1. The van der Waals surface area contributed by atoms with Gasteiger partial charge in [0.05, 0.1) is 5.69 Å². The SMILES string of the molecule is Cc1[nH]c(-c2ccccc2)nc1CN1CCN(c2ncc3c(n2)CCCC3)CC1.O=C(O)/C=C/C(=O)O.O=C(O)/C=C/C(=O)O. The lowest BCUT2D eigenvalue weighted by molar-refractivity contribution is -0.134. The van der Waals surface area contributed by atoms with Crippen molar-refractivity contribution in [2.24, 2.45) is 0 Å². The number of rotatable bonds is 8. The van der Waals surface area contributed by atoms with Crippen molar-refractivity contribution in [3.05, 3.63) is 83.5 Å². The van der Waals surface area contributed by atoms with Gasteiger partial charge in [0.1, 0.15) is 5.82 Å². The molecular formula is C31H36N6O8. The first-order valence-corrected chi connectivity index (χ1v) is 14.2. The van der Waals surface area contributed by atoms with E-state index in [0.29, 0.717) is 24.3 Å². The van der Waals surface area contributed by atoms with Gasteiger partial charge in [-0.15, -0.1) is 0 Å². The van der Waals surface area contributed by atoms with E-state index in [4.69, 9.17) is 30.4 Å². The molecule has 0 bridgehead atoms. The second-order valence-corrected chi connectivity index (χ2v) is 10.2. The summed E-state index contributed by atoms with van der Waals surface area (Å²) in [4.78, 5) is 60.9. The number of aromatic amines is 1. The van der Waals surface area contributed by atoms with E-state index in [1.54, 1.807) is 0 Å². The Morgan fingerprint density at radius 3 is 1.91 bits per heavy atom. The lowest BCUT2D eigenvalue weighted by Gasteiger charge is -2.34. The Balaban J connectivity index is 0.000000287. The third-order valence-corrected chi connectivity index (χ3v) is 6.85. The van der Waals surface area contributed by atoms with Crippen molar-refractivity contribution in [3.8, 4) is 11.4 Å². The molecule has 1 fully saturated rings. The number of nitrogens with one attached hydrogen (secondary N) is 1. The first-order chi connectivity index (χ1) is 21.5. The van der Waals surface area contributed by atoms with Gasteiger partial charge in [-0.1, -0.05) is 30.3 Å². The van der Waals surface area contributed by atoms with E-state index in [-0.39, 0.29) is 0 Å². The fourth-order valence-electron chi connectivity index (χ4n) is 4.60. The average Bonchev–Trinajstić information content (AvgIpc) is 3.40. The molecule has 0 spiro atoms. The molecule has 5 N–H and O–H groups in total. The molecule has 14 nitrogen and oxygen atoms in total. The summed E-state index contributed by atoms with van der Waals surface area (Å²) < 4.78 is 0. The van der Waals surface area contributed by atoms with E-state index in [1.807, 2.05) is 6.07 Å². The minimum atomic E-state index is -1.26. The second kappa shape index (κ2) is 17.1. The summed E-state index contributed by atoms with van der Waals surface area (Å²) in [6.07, 6.45) is 9.05. The van der Waals surface area contributed by atoms with Crippen molar-refractivity contribution in [1.82, 2.24) is 24.8 Å². The molecule has 1 aliphatic heterocycles. The number of carboxylic acids is 4. The molecule has 0 atom stereocenters. The van der Waals surface area contributed by atoms with Gasteiger partial charge in [-0.05, 0) is 38.2 Å². The fraction of sp³-hybridized carbons (Fsp3) is 0.323. The maximum absolute atomic E-state index is 9.55. The van der Waals surface area contributed by atoms with E-state index >= 15 is 0 Å². The molecule has 14 heteroatoms. The second-order valence-electron chi connectivity index (χ2n) is 10.2. The van der Waals surface area contributed by atoms with Gasteiger partial charge >= 0.3 is 23.9 Å². The molecule has 1 aromatic carbocycles. The summed E-state index contributed by atoms with van der Waals surface area (Å²) >= 11 is 0. The van der Waals surface area contributed by atoms with Crippen LogP contribution in [0.15, 0.2) is 60.8 Å². The number of H-pyrrole nitrogens is 1. The van der Waals surface area contributed by atoms with E-state index < -0.39 is 23.9 Å². The number of piperazine rings is 1. The maximum atomic E-state index is 9.55. The average molecular weight is 621 g/mol. The highest BCUT2D eigenvalue weighted by molar-refractivity contribution is 5.90. The number of carbonyl (C=O) groups is 4. The Bertz CT molecular complexity index is 1460. The van der Waals surface area contributed by atoms with Crippen LogP contribution >= 0.6 is 0 Å². The normalized spacial score (nSPS) is 14.6. The quantitative estimate of drug-likeness (QED) is 0.230. The van der Waals surface area contributed by atoms with E-state index in [9.17, 15) is 19.2 Å². The lowest BCUT2D eigenvalue weighted by Crippen LogP contribution is -2.46. The summed E-state index contributed by atoms with van der Waals surface area (Å²) in [5.74, 6) is -3.16. The van der Waals surface area contributed by atoms with Crippen LogP contribution in [0.4, 0.5) is 5.95 Å². The molecule has 1 aliphatic carbocycles. The lowest BCUT2D eigenvalue weighted by atomic mass is 9.98. The number of carboxylic acid groups (broad SMARTS) is 4. The van der Waals surface area contributed by atoms with Crippen molar-refractivity contribution in [2.45, 2.75) is 39.2 Å². The minimum Gasteiger partial charge on any atom is -0.478 e. The van der Waals surface area contributed by atoms with E-state index in [0.717, 1.165) is 74.3 Å². The van der Waals surface area contributed by atoms with Crippen molar-refractivity contribution >= 4 is 29.8 Å². The smallest absolute Gasteiger partial charge is 0.328 e. The van der Waals surface area contributed by atoms with Crippen molar-refractivity contribution in [1.29, 1.82) is 0 Å². The fourth-order valence-corrected chi connectivity index (χ4v) is 4.60. The number of hydrogen-bond acceptors (Lipinski definition) is 9. The zero-order valence-electron chi connectivity index (χ0n) is 24.8. The molecule has 2 aliphatic rings. The Hall–Kier alpha value is -5.37. The first-order valence-electron chi connectivity index (χ1n) is 14.2. The van der Waals surface area contributed by atoms with E-state index in [1.165, 1.54) is 24.1 Å². The van der Waals surface area contributed by atoms with Crippen LogP contribution in [0.2, 0.25) is 0 Å². The number of aryl methyl sites for hydroxylation is 3. The standard InChI is InChI=1S/C23H28N6.2C4H4O4/c1-17-21(26-22(25-17)18-7-3-2-4-8-18)16-28-11-13-29(14-12-28)23-24-15-19-9-5-6-10-20(19)27-23;2*5-3(6)1-2-4(7)8/h2-4,7-8,15H,5-6,9-14,16H2,1H3,(H,25,26);2*1-2H,(H,5,6)(H,7,8)/b;2*2-1+. The van der Waals surface area contributed by atoms with Gasteiger partial charge in [0.25, 0.3) is 0 Å². The highest BCUT2D eigenvalue weighted by Gasteiger charge is 2.22. The molecule has 5 rings (SSSR count). The van der Waals surface area contributed by atoms with Crippen LogP contribution in [-0.2, 0) is 38.6 Å². The highest BCUT2D eigenvalue weighted by atomic mass is 16.4. The molecule has 0 unspecified atom stereocenters. The van der Waals surface area contributed by atoms with Crippen LogP contribution < -0.4 is 4.90 Å². The molecule has 3 aromatic rings. The molecule has 1 saturated heterocycles. The highest BCUT2D eigenvalue weighted by Crippen LogP contribution is 2.22. The molecular weight excluding hydrogens is 584 g/mol. The largest absolute Gasteiger partial charge is 0.478 e.